The first-order chi connectivity index (χ1) is 9.58. The lowest BCUT2D eigenvalue weighted by atomic mass is 10.0. The van der Waals surface area contributed by atoms with E-state index in [0.717, 1.165) is 16.5 Å². The Labute approximate surface area is 140 Å². The maximum Gasteiger partial charge on any atom is 0.255 e. The van der Waals surface area contributed by atoms with Crippen LogP contribution in [0.4, 0.5) is 0 Å². The number of hydrogen-bond donors (Lipinski definition) is 0. The highest BCUT2D eigenvalue weighted by Crippen LogP contribution is 2.34. The van der Waals surface area contributed by atoms with Crippen LogP contribution in [0.1, 0.15) is 33.8 Å². The highest BCUT2D eigenvalue weighted by Gasteiger charge is 2.29. The number of amides is 1. The molecule has 1 aliphatic heterocycles. The maximum atomic E-state index is 12.8. The Hall–Kier alpha value is -0.590. The number of hydrogen-bond acceptors (Lipinski definition) is 2. The number of fused-ring (bicyclic) bond motifs is 1. The van der Waals surface area contributed by atoms with Gasteiger partial charge in [0.05, 0.1) is 11.6 Å². The number of halogens is 2. The summed E-state index contributed by atoms with van der Waals surface area (Å²) in [5.74, 6) is 0.0706. The van der Waals surface area contributed by atoms with Gasteiger partial charge in [-0.05, 0) is 71.1 Å². The van der Waals surface area contributed by atoms with Crippen LogP contribution in [0.2, 0.25) is 5.02 Å². The topological polar surface area (TPSA) is 20.3 Å². The van der Waals surface area contributed by atoms with Gasteiger partial charge in [-0.2, -0.15) is 0 Å². The third-order valence-electron chi connectivity index (χ3n) is 3.70. The number of thiophene rings is 1. The highest BCUT2D eigenvalue weighted by molar-refractivity contribution is 14.1. The average molecular weight is 418 g/mol. The SMILES string of the molecule is CC1c2ccsc2CCN1C(=O)c1cc(Cl)ccc1I. The molecule has 3 rings (SSSR count). The van der Waals surface area contributed by atoms with Crippen molar-refractivity contribution in [2.24, 2.45) is 0 Å². The lowest BCUT2D eigenvalue weighted by Gasteiger charge is -2.34. The molecule has 1 aliphatic rings. The number of rotatable bonds is 1. The minimum Gasteiger partial charge on any atom is -0.331 e. The molecule has 2 aromatic rings. The van der Waals surface area contributed by atoms with E-state index < -0.39 is 0 Å². The molecule has 20 heavy (non-hydrogen) atoms. The molecule has 0 bridgehead atoms. The fourth-order valence-corrected chi connectivity index (χ4v) is 4.30. The molecule has 1 aromatic heterocycles. The molecule has 1 aromatic carbocycles. The first kappa shape index (κ1) is 14.4. The summed E-state index contributed by atoms with van der Waals surface area (Å²) in [4.78, 5) is 16.1. The summed E-state index contributed by atoms with van der Waals surface area (Å²) in [6.45, 7) is 2.87. The number of benzene rings is 1. The van der Waals surface area contributed by atoms with E-state index in [0.29, 0.717) is 10.6 Å². The Bertz CT molecular complexity index is 670. The number of carbonyl (C=O) groups excluding carboxylic acids is 1. The van der Waals surface area contributed by atoms with Crippen molar-refractivity contribution in [1.29, 1.82) is 0 Å². The second-order valence-corrected chi connectivity index (χ2v) is 7.45. The molecule has 0 spiro atoms. The second-order valence-electron chi connectivity index (χ2n) is 4.85. The van der Waals surface area contributed by atoms with E-state index in [1.807, 2.05) is 17.0 Å². The Morgan fingerprint density at radius 1 is 1.45 bits per heavy atom. The van der Waals surface area contributed by atoms with Crippen LogP contribution in [0.3, 0.4) is 0 Å². The molecule has 0 saturated heterocycles. The third-order valence-corrected chi connectivity index (χ3v) is 5.87. The summed E-state index contributed by atoms with van der Waals surface area (Å²) in [6.07, 6.45) is 0.945. The van der Waals surface area contributed by atoms with Gasteiger partial charge in [0.1, 0.15) is 0 Å². The maximum absolute atomic E-state index is 12.8. The average Bonchev–Trinajstić information content (AvgIpc) is 2.90. The largest absolute Gasteiger partial charge is 0.331 e. The highest BCUT2D eigenvalue weighted by atomic mass is 127. The fourth-order valence-electron chi connectivity index (χ4n) is 2.60. The lowest BCUT2D eigenvalue weighted by molar-refractivity contribution is 0.0678. The summed E-state index contributed by atoms with van der Waals surface area (Å²) in [6, 6.07) is 7.73. The lowest BCUT2D eigenvalue weighted by Crippen LogP contribution is -2.38. The van der Waals surface area contributed by atoms with Crippen molar-refractivity contribution < 1.29 is 4.79 Å². The van der Waals surface area contributed by atoms with Gasteiger partial charge < -0.3 is 4.90 Å². The number of nitrogens with zero attached hydrogens (tertiary/aromatic N) is 1. The van der Waals surface area contributed by atoms with E-state index in [9.17, 15) is 4.79 Å². The third kappa shape index (κ3) is 2.49. The van der Waals surface area contributed by atoms with Crippen molar-refractivity contribution in [2.75, 3.05) is 6.54 Å². The van der Waals surface area contributed by atoms with Gasteiger partial charge in [-0.25, -0.2) is 0 Å². The van der Waals surface area contributed by atoms with Gasteiger partial charge >= 0.3 is 0 Å². The van der Waals surface area contributed by atoms with E-state index >= 15 is 0 Å². The minimum atomic E-state index is 0.0706. The van der Waals surface area contributed by atoms with Crippen molar-refractivity contribution in [2.45, 2.75) is 19.4 Å². The number of carbonyl (C=O) groups is 1. The fraction of sp³-hybridized carbons (Fsp3) is 0.267. The molecular formula is C15H13ClINOS. The standard InChI is InChI=1S/C15H13ClINOS/c1-9-11-5-7-20-14(11)4-6-18(9)15(19)12-8-10(16)2-3-13(12)17/h2-3,5,7-9H,4,6H2,1H3. The Morgan fingerprint density at radius 3 is 3.05 bits per heavy atom. The normalized spacial score (nSPS) is 17.9. The van der Waals surface area contributed by atoms with E-state index in [1.165, 1.54) is 10.4 Å². The Balaban J connectivity index is 1.94. The van der Waals surface area contributed by atoms with Crippen LogP contribution < -0.4 is 0 Å². The molecule has 2 heterocycles. The quantitative estimate of drug-likeness (QED) is 0.612. The summed E-state index contributed by atoms with van der Waals surface area (Å²) >= 11 is 10.0. The van der Waals surface area contributed by atoms with Crippen LogP contribution in [0.15, 0.2) is 29.6 Å². The molecular weight excluding hydrogens is 405 g/mol. The van der Waals surface area contributed by atoms with Gasteiger partial charge in [-0.15, -0.1) is 11.3 Å². The molecule has 1 unspecified atom stereocenters. The molecule has 5 heteroatoms. The van der Waals surface area contributed by atoms with Crippen LogP contribution in [0.25, 0.3) is 0 Å². The van der Waals surface area contributed by atoms with Crippen LogP contribution in [0, 0.1) is 3.57 Å². The molecule has 104 valence electrons. The van der Waals surface area contributed by atoms with Gasteiger partial charge in [0, 0.05) is 20.0 Å². The Morgan fingerprint density at radius 2 is 2.25 bits per heavy atom. The zero-order chi connectivity index (χ0) is 14.3. The van der Waals surface area contributed by atoms with Crippen LogP contribution in [-0.2, 0) is 6.42 Å². The van der Waals surface area contributed by atoms with Gasteiger partial charge in [0.25, 0.3) is 5.91 Å². The van der Waals surface area contributed by atoms with Crippen LogP contribution in [-0.4, -0.2) is 17.4 Å². The Kier molecular flexibility index (Phi) is 4.06. The predicted molar refractivity (Wildman–Crippen MR) is 91.6 cm³/mol. The smallest absolute Gasteiger partial charge is 0.255 e. The van der Waals surface area contributed by atoms with Crippen LogP contribution >= 0.6 is 45.5 Å². The summed E-state index contributed by atoms with van der Waals surface area (Å²) in [5.41, 5.74) is 1.98. The van der Waals surface area contributed by atoms with Crippen molar-refractivity contribution in [3.63, 3.8) is 0 Å². The van der Waals surface area contributed by atoms with E-state index in [1.54, 1.807) is 17.4 Å². The van der Waals surface area contributed by atoms with Crippen molar-refractivity contribution in [3.8, 4) is 0 Å². The molecule has 1 amide bonds. The van der Waals surface area contributed by atoms with Gasteiger partial charge in [0.15, 0.2) is 0 Å². The molecule has 0 radical (unpaired) electrons. The summed E-state index contributed by atoms with van der Waals surface area (Å²) in [5, 5.41) is 2.72. The van der Waals surface area contributed by atoms with Gasteiger partial charge in [-0.1, -0.05) is 11.6 Å². The van der Waals surface area contributed by atoms with Crippen molar-refractivity contribution >= 4 is 51.4 Å². The van der Waals surface area contributed by atoms with Gasteiger partial charge in [0.2, 0.25) is 0 Å². The van der Waals surface area contributed by atoms with E-state index in [-0.39, 0.29) is 11.9 Å². The predicted octanol–water partition coefficient (Wildman–Crippen LogP) is 4.77. The summed E-state index contributed by atoms with van der Waals surface area (Å²) in [7, 11) is 0. The van der Waals surface area contributed by atoms with Crippen molar-refractivity contribution in [1.82, 2.24) is 4.90 Å². The molecule has 0 fully saturated rings. The molecule has 0 saturated carbocycles. The minimum absolute atomic E-state index is 0.0706. The van der Waals surface area contributed by atoms with Gasteiger partial charge in [-0.3, -0.25) is 4.79 Å². The molecule has 0 aliphatic carbocycles. The molecule has 2 nitrogen and oxygen atoms in total. The second kappa shape index (κ2) is 5.66. The molecule has 0 N–H and O–H groups in total. The summed E-state index contributed by atoms with van der Waals surface area (Å²) < 4.78 is 0.945. The first-order valence-corrected chi connectivity index (χ1v) is 8.74. The first-order valence-electron chi connectivity index (χ1n) is 6.40. The zero-order valence-electron chi connectivity index (χ0n) is 10.9. The zero-order valence-corrected chi connectivity index (χ0v) is 14.6. The van der Waals surface area contributed by atoms with E-state index in [4.69, 9.17) is 11.6 Å². The molecule has 1 atom stereocenters. The van der Waals surface area contributed by atoms with E-state index in [2.05, 4.69) is 41.0 Å². The van der Waals surface area contributed by atoms with Crippen molar-refractivity contribution in [3.05, 3.63) is 54.2 Å². The van der Waals surface area contributed by atoms with Crippen LogP contribution in [0.5, 0.6) is 0 Å². The monoisotopic (exact) mass is 417 g/mol.